The summed E-state index contributed by atoms with van der Waals surface area (Å²) in [6, 6.07) is 1.28. The highest BCUT2D eigenvalue weighted by Crippen LogP contribution is 2.33. The van der Waals surface area contributed by atoms with E-state index in [1.165, 1.54) is 10.6 Å². The zero-order chi connectivity index (χ0) is 12.2. The van der Waals surface area contributed by atoms with Crippen LogP contribution in [0.3, 0.4) is 0 Å². The third-order valence-corrected chi connectivity index (χ3v) is 3.28. The summed E-state index contributed by atoms with van der Waals surface area (Å²) in [6.45, 7) is 0. The monoisotopic (exact) mass is 240 g/mol. The number of aliphatic hydroxyl groups is 2. The smallest absolute Gasteiger partial charge is 0.330 e. The molecule has 2 aliphatic rings. The first kappa shape index (κ1) is 10.7. The van der Waals surface area contributed by atoms with Crippen LogP contribution in [-0.4, -0.2) is 38.1 Å². The second-order valence-corrected chi connectivity index (χ2v) is 4.43. The van der Waals surface area contributed by atoms with Crippen LogP contribution in [0.5, 0.6) is 0 Å². The molecule has 2 bridgehead atoms. The first-order valence-corrected chi connectivity index (χ1v) is 5.42. The molecular weight excluding hydrogens is 228 g/mol. The fourth-order valence-corrected chi connectivity index (χ4v) is 2.54. The minimum absolute atomic E-state index is 0.122. The number of ether oxygens (including phenoxy) is 1. The van der Waals surface area contributed by atoms with Crippen molar-refractivity contribution in [3.63, 3.8) is 0 Å². The summed E-state index contributed by atoms with van der Waals surface area (Å²) in [7, 11) is 0. The van der Waals surface area contributed by atoms with Crippen molar-refractivity contribution < 1.29 is 14.9 Å². The van der Waals surface area contributed by atoms with Crippen LogP contribution in [0, 0.1) is 0 Å². The summed E-state index contributed by atoms with van der Waals surface area (Å²) in [4.78, 5) is 25.1. The number of hydrogen-bond donors (Lipinski definition) is 3. The summed E-state index contributed by atoms with van der Waals surface area (Å²) in [6.07, 6.45) is -2.66. The number of aliphatic hydroxyl groups excluding tert-OH is 2. The van der Waals surface area contributed by atoms with Crippen molar-refractivity contribution in [3.8, 4) is 0 Å². The van der Waals surface area contributed by atoms with Crippen LogP contribution in [0.2, 0.25) is 0 Å². The Morgan fingerprint density at radius 3 is 2.88 bits per heavy atom. The Balaban J connectivity index is 2.19. The molecule has 0 amide bonds. The van der Waals surface area contributed by atoms with Gasteiger partial charge in [0.2, 0.25) is 0 Å². The van der Waals surface area contributed by atoms with Gasteiger partial charge in [-0.3, -0.25) is 14.3 Å². The standard InChI is InChI=1S/C10H12N2O5/c13-5-1-4-2-7(15)11-10(16)12(4)8-3-6(14)9(5)17-8/h2,5-6,8-9,13-14H,1,3H2,(H,11,15,16)/t5-,6-,8+,9+/m0/s1. The van der Waals surface area contributed by atoms with Crippen molar-refractivity contribution >= 4 is 0 Å². The largest absolute Gasteiger partial charge is 0.390 e. The van der Waals surface area contributed by atoms with Crippen LogP contribution < -0.4 is 11.2 Å². The van der Waals surface area contributed by atoms with Crippen molar-refractivity contribution in [1.82, 2.24) is 9.55 Å². The van der Waals surface area contributed by atoms with Gasteiger partial charge < -0.3 is 14.9 Å². The molecule has 7 heteroatoms. The highest BCUT2D eigenvalue weighted by Gasteiger charge is 2.43. The van der Waals surface area contributed by atoms with Gasteiger partial charge in [0, 0.05) is 24.6 Å². The Hall–Kier alpha value is -1.44. The van der Waals surface area contributed by atoms with Crippen molar-refractivity contribution in [2.75, 3.05) is 0 Å². The maximum absolute atomic E-state index is 11.7. The lowest BCUT2D eigenvalue weighted by atomic mass is 10.0. The van der Waals surface area contributed by atoms with Gasteiger partial charge >= 0.3 is 5.69 Å². The molecule has 0 spiro atoms. The summed E-state index contributed by atoms with van der Waals surface area (Å²) in [5.74, 6) is 0. The Morgan fingerprint density at radius 1 is 1.35 bits per heavy atom. The molecular formula is C10H12N2O5. The van der Waals surface area contributed by atoms with Crippen molar-refractivity contribution in [3.05, 3.63) is 32.6 Å². The highest BCUT2D eigenvalue weighted by molar-refractivity contribution is 5.09. The van der Waals surface area contributed by atoms with Gasteiger partial charge in [0.25, 0.3) is 5.56 Å². The Labute approximate surface area is 95.3 Å². The SMILES string of the molecule is O=c1cc2n(c(=O)[nH]1)[C@H]1C[C@H](O)[C@H](O1)[C@@H](O)C2. The molecule has 92 valence electrons. The van der Waals surface area contributed by atoms with E-state index in [1.807, 2.05) is 0 Å². The molecule has 1 fully saturated rings. The quantitative estimate of drug-likeness (QED) is 0.491. The third-order valence-electron chi connectivity index (χ3n) is 3.28. The molecule has 2 aliphatic heterocycles. The van der Waals surface area contributed by atoms with Gasteiger partial charge in [-0.2, -0.15) is 0 Å². The number of nitrogens with one attached hydrogen (secondary N) is 1. The molecule has 0 unspecified atom stereocenters. The van der Waals surface area contributed by atoms with Gasteiger partial charge in [0.05, 0.1) is 12.2 Å². The molecule has 3 rings (SSSR count). The molecule has 0 aromatic carbocycles. The number of rotatable bonds is 0. The second kappa shape index (κ2) is 3.52. The normalized spacial score (nSPS) is 35.4. The van der Waals surface area contributed by atoms with E-state index in [0.717, 1.165) is 0 Å². The zero-order valence-corrected chi connectivity index (χ0v) is 8.87. The van der Waals surface area contributed by atoms with Crippen LogP contribution in [0.15, 0.2) is 15.7 Å². The lowest BCUT2D eigenvalue weighted by Gasteiger charge is -2.19. The first-order valence-electron chi connectivity index (χ1n) is 5.42. The summed E-state index contributed by atoms with van der Waals surface area (Å²) in [5.41, 5.74) is -0.628. The summed E-state index contributed by atoms with van der Waals surface area (Å²) in [5, 5.41) is 19.6. The van der Waals surface area contributed by atoms with Crippen LogP contribution >= 0.6 is 0 Å². The Bertz CT molecular complexity index is 563. The van der Waals surface area contributed by atoms with Crippen LogP contribution in [-0.2, 0) is 11.2 Å². The lowest BCUT2D eigenvalue weighted by molar-refractivity contribution is -0.0722. The van der Waals surface area contributed by atoms with Crippen molar-refractivity contribution in [2.24, 2.45) is 0 Å². The number of aromatic nitrogens is 2. The van der Waals surface area contributed by atoms with Gasteiger partial charge in [0.15, 0.2) is 0 Å². The molecule has 3 heterocycles. The van der Waals surface area contributed by atoms with Gasteiger partial charge in [0.1, 0.15) is 12.3 Å². The van der Waals surface area contributed by atoms with Gasteiger partial charge in [-0.25, -0.2) is 4.79 Å². The molecule has 4 atom stereocenters. The average Bonchev–Trinajstić information content (AvgIpc) is 2.52. The number of fused-ring (bicyclic) bond motifs is 4. The van der Waals surface area contributed by atoms with Crippen LogP contribution in [0.25, 0.3) is 0 Å². The molecule has 1 saturated heterocycles. The van der Waals surface area contributed by atoms with Gasteiger partial charge in [-0.05, 0) is 0 Å². The van der Waals surface area contributed by atoms with E-state index in [1.54, 1.807) is 0 Å². The van der Waals surface area contributed by atoms with E-state index in [9.17, 15) is 19.8 Å². The van der Waals surface area contributed by atoms with E-state index in [4.69, 9.17) is 4.74 Å². The highest BCUT2D eigenvalue weighted by atomic mass is 16.5. The first-order chi connectivity index (χ1) is 8.06. The molecule has 1 aromatic heterocycles. The van der Waals surface area contributed by atoms with Gasteiger partial charge in [-0.15, -0.1) is 0 Å². The topological polar surface area (TPSA) is 105 Å². The van der Waals surface area contributed by atoms with E-state index in [0.29, 0.717) is 5.69 Å². The average molecular weight is 240 g/mol. The van der Waals surface area contributed by atoms with Crippen molar-refractivity contribution in [1.29, 1.82) is 0 Å². The predicted molar refractivity (Wildman–Crippen MR) is 55.6 cm³/mol. The second-order valence-electron chi connectivity index (χ2n) is 4.43. The van der Waals surface area contributed by atoms with Crippen LogP contribution in [0.1, 0.15) is 18.3 Å². The number of aromatic amines is 1. The molecule has 0 radical (unpaired) electrons. The fourth-order valence-electron chi connectivity index (χ4n) is 2.54. The van der Waals surface area contributed by atoms with E-state index < -0.39 is 35.8 Å². The molecule has 7 nitrogen and oxygen atoms in total. The van der Waals surface area contributed by atoms with Crippen LogP contribution in [0.4, 0.5) is 0 Å². The van der Waals surface area contributed by atoms with E-state index >= 15 is 0 Å². The predicted octanol–water partition coefficient (Wildman–Crippen LogP) is -1.90. The minimum atomic E-state index is -0.912. The summed E-state index contributed by atoms with van der Waals surface area (Å²) < 4.78 is 6.73. The van der Waals surface area contributed by atoms with Gasteiger partial charge in [-0.1, -0.05) is 0 Å². The lowest BCUT2D eigenvalue weighted by Crippen LogP contribution is -2.38. The van der Waals surface area contributed by atoms with E-state index in [-0.39, 0.29) is 12.8 Å². The maximum Gasteiger partial charge on any atom is 0.330 e. The fraction of sp³-hybridized carbons (Fsp3) is 0.600. The zero-order valence-electron chi connectivity index (χ0n) is 8.87. The summed E-state index contributed by atoms with van der Waals surface area (Å²) >= 11 is 0. The molecule has 1 aromatic rings. The molecule has 0 saturated carbocycles. The van der Waals surface area contributed by atoms with E-state index in [2.05, 4.69) is 4.98 Å². The Morgan fingerprint density at radius 2 is 2.12 bits per heavy atom. The molecule has 17 heavy (non-hydrogen) atoms. The Kier molecular flexibility index (Phi) is 2.22. The third kappa shape index (κ3) is 1.54. The maximum atomic E-state index is 11.7. The molecule has 3 N–H and O–H groups in total. The van der Waals surface area contributed by atoms with Crippen molar-refractivity contribution in [2.45, 2.75) is 37.4 Å². The number of hydrogen-bond acceptors (Lipinski definition) is 5. The minimum Gasteiger partial charge on any atom is -0.390 e. The molecule has 0 aliphatic carbocycles. The number of H-pyrrole nitrogens is 1. The number of nitrogens with zero attached hydrogens (tertiary/aromatic N) is 1.